The van der Waals surface area contributed by atoms with Gasteiger partial charge in [0.05, 0.1) is 6.21 Å². The quantitative estimate of drug-likeness (QED) is 0.411. The van der Waals surface area contributed by atoms with Crippen molar-refractivity contribution in [2.75, 3.05) is 23.3 Å². The summed E-state index contributed by atoms with van der Waals surface area (Å²) in [6, 6.07) is 15.7. The van der Waals surface area contributed by atoms with E-state index >= 15 is 0 Å². The normalized spacial score (nSPS) is 10.7. The molecule has 0 atom stereocenters. The van der Waals surface area contributed by atoms with Gasteiger partial charge in [0.15, 0.2) is 5.11 Å². The number of benzene rings is 2. The van der Waals surface area contributed by atoms with Crippen molar-refractivity contribution in [1.29, 1.82) is 0 Å². The lowest BCUT2D eigenvalue weighted by atomic mass is 10.2. The highest BCUT2D eigenvalue weighted by Gasteiger charge is 2.02. The fourth-order valence-electron chi connectivity index (χ4n) is 2.40. The predicted octanol–water partition coefficient (Wildman–Crippen LogP) is 4.90. The molecular formula is C19H23ClN4S. The molecule has 0 amide bonds. The van der Waals surface area contributed by atoms with Crippen LogP contribution in [0.1, 0.15) is 25.8 Å². The monoisotopic (exact) mass is 374 g/mol. The molecule has 2 N–H and O–H groups in total. The van der Waals surface area contributed by atoms with Gasteiger partial charge in [-0.3, -0.25) is 5.43 Å². The summed E-state index contributed by atoms with van der Waals surface area (Å²) in [5.74, 6) is 0. The van der Waals surface area contributed by atoms with Crippen molar-refractivity contribution >= 4 is 46.5 Å². The number of rotatable bonds is 7. The third-order valence-corrected chi connectivity index (χ3v) is 4.02. The van der Waals surface area contributed by atoms with Crippen LogP contribution in [0.2, 0.25) is 5.02 Å². The summed E-state index contributed by atoms with van der Waals surface area (Å²) in [6.45, 7) is 6.43. The molecule has 0 unspecified atom stereocenters. The minimum atomic E-state index is 0.412. The Morgan fingerprint density at radius 3 is 2.60 bits per heavy atom. The summed E-state index contributed by atoms with van der Waals surface area (Å²) < 4.78 is 0. The van der Waals surface area contributed by atoms with Gasteiger partial charge in [-0.2, -0.15) is 5.10 Å². The fraction of sp³-hybridized carbons (Fsp3) is 0.263. The number of anilines is 2. The Kier molecular flexibility index (Phi) is 7.70. The molecule has 2 aromatic rings. The van der Waals surface area contributed by atoms with Crippen LogP contribution in [0.3, 0.4) is 0 Å². The van der Waals surface area contributed by atoms with Crippen LogP contribution in [-0.2, 0) is 0 Å². The van der Waals surface area contributed by atoms with E-state index in [1.54, 1.807) is 12.3 Å². The summed E-state index contributed by atoms with van der Waals surface area (Å²) in [5.41, 5.74) is 5.86. The van der Waals surface area contributed by atoms with Gasteiger partial charge in [-0.25, -0.2) is 0 Å². The third kappa shape index (κ3) is 6.36. The molecule has 0 aliphatic carbocycles. The first-order valence-electron chi connectivity index (χ1n) is 8.33. The SMILES string of the molecule is CCCN(CC)c1ccc(/C=N/NC(=S)Nc2cccc(Cl)c2)cc1. The molecule has 0 fully saturated rings. The van der Waals surface area contributed by atoms with E-state index in [1.165, 1.54) is 5.69 Å². The number of halogens is 1. The highest BCUT2D eigenvalue weighted by Crippen LogP contribution is 2.15. The molecular weight excluding hydrogens is 352 g/mol. The van der Waals surface area contributed by atoms with Gasteiger partial charge in [0.2, 0.25) is 0 Å². The number of nitrogens with zero attached hydrogens (tertiary/aromatic N) is 2. The van der Waals surface area contributed by atoms with Crippen molar-refractivity contribution in [2.24, 2.45) is 5.10 Å². The Labute approximate surface area is 159 Å². The van der Waals surface area contributed by atoms with Crippen molar-refractivity contribution in [3.05, 3.63) is 59.1 Å². The topological polar surface area (TPSA) is 39.7 Å². The van der Waals surface area contributed by atoms with Crippen LogP contribution in [0.4, 0.5) is 11.4 Å². The number of hydrogen-bond acceptors (Lipinski definition) is 3. The largest absolute Gasteiger partial charge is 0.372 e. The van der Waals surface area contributed by atoms with Gasteiger partial charge in [0.1, 0.15) is 0 Å². The van der Waals surface area contributed by atoms with Crippen LogP contribution in [0.25, 0.3) is 0 Å². The van der Waals surface area contributed by atoms with Crippen LogP contribution in [0, 0.1) is 0 Å². The molecule has 0 aliphatic rings. The molecule has 0 bridgehead atoms. The summed E-state index contributed by atoms with van der Waals surface area (Å²) in [5, 5.41) is 8.26. The van der Waals surface area contributed by atoms with Gasteiger partial charge in [0.25, 0.3) is 0 Å². The smallest absolute Gasteiger partial charge is 0.191 e. The standard InChI is InChI=1S/C19H23ClN4S/c1-3-12-24(4-2)18-10-8-15(9-11-18)14-21-23-19(25)22-17-7-5-6-16(20)13-17/h5-11,13-14H,3-4,12H2,1-2H3,(H2,22,23,25)/b21-14+. The maximum Gasteiger partial charge on any atom is 0.191 e. The molecule has 4 nitrogen and oxygen atoms in total. The number of thiocarbonyl (C=S) groups is 1. The number of hydrazone groups is 1. The Hall–Kier alpha value is -2.11. The maximum atomic E-state index is 5.94. The first-order chi connectivity index (χ1) is 12.1. The lowest BCUT2D eigenvalue weighted by Gasteiger charge is -2.22. The molecule has 2 aromatic carbocycles. The second-order valence-electron chi connectivity index (χ2n) is 5.51. The second kappa shape index (κ2) is 10.0. The molecule has 25 heavy (non-hydrogen) atoms. The Morgan fingerprint density at radius 2 is 1.96 bits per heavy atom. The fourth-order valence-corrected chi connectivity index (χ4v) is 2.76. The zero-order valence-electron chi connectivity index (χ0n) is 14.5. The van der Waals surface area contributed by atoms with Crippen molar-refractivity contribution in [1.82, 2.24) is 5.43 Å². The maximum absolute atomic E-state index is 5.94. The van der Waals surface area contributed by atoms with Crippen molar-refractivity contribution < 1.29 is 0 Å². The molecule has 0 saturated carbocycles. The summed E-state index contributed by atoms with van der Waals surface area (Å²) in [6.07, 6.45) is 2.88. The number of nitrogens with one attached hydrogen (secondary N) is 2. The van der Waals surface area contributed by atoms with E-state index in [1.807, 2.05) is 30.3 Å². The van der Waals surface area contributed by atoms with Gasteiger partial charge in [0, 0.05) is 29.5 Å². The Bertz CT molecular complexity index is 716. The average molecular weight is 375 g/mol. The second-order valence-corrected chi connectivity index (χ2v) is 6.35. The van der Waals surface area contributed by atoms with Gasteiger partial charge in [-0.1, -0.05) is 36.7 Å². The molecule has 0 spiro atoms. The first-order valence-corrected chi connectivity index (χ1v) is 9.11. The van der Waals surface area contributed by atoms with Crippen molar-refractivity contribution in [3.8, 4) is 0 Å². The van der Waals surface area contributed by atoms with Gasteiger partial charge in [-0.15, -0.1) is 0 Å². The molecule has 0 aliphatic heterocycles. The highest BCUT2D eigenvalue weighted by atomic mass is 35.5. The molecule has 0 heterocycles. The molecule has 132 valence electrons. The van der Waals surface area contributed by atoms with Gasteiger partial charge in [-0.05, 0) is 61.5 Å². The third-order valence-electron chi connectivity index (χ3n) is 3.60. The zero-order valence-corrected chi connectivity index (χ0v) is 16.1. The lowest BCUT2D eigenvalue weighted by molar-refractivity contribution is 0.792. The summed E-state index contributed by atoms with van der Waals surface area (Å²) in [7, 11) is 0. The molecule has 0 radical (unpaired) electrons. The van der Waals surface area contributed by atoms with Gasteiger partial charge < -0.3 is 10.2 Å². The lowest BCUT2D eigenvalue weighted by Crippen LogP contribution is -2.24. The first kappa shape index (κ1) is 19.2. The van der Waals surface area contributed by atoms with E-state index in [0.717, 1.165) is 30.8 Å². The van der Waals surface area contributed by atoms with E-state index in [0.29, 0.717) is 10.1 Å². The minimum Gasteiger partial charge on any atom is -0.372 e. The Morgan fingerprint density at radius 1 is 1.20 bits per heavy atom. The predicted molar refractivity (Wildman–Crippen MR) is 113 cm³/mol. The van der Waals surface area contributed by atoms with Crippen LogP contribution in [0.15, 0.2) is 53.6 Å². The summed E-state index contributed by atoms with van der Waals surface area (Å²) in [4.78, 5) is 2.35. The van der Waals surface area contributed by atoms with Crippen LogP contribution in [-0.4, -0.2) is 24.4 Å². The minimum absolute atomic E-state index is 0.412. The molecule has 2 rings (SSSR count). The van der Waals surface area contributed by atoms with E-state index in [2.05, 4.69) is 46.7 Å². The van der Waals surface area contributed by atoms with Crippen molar-refractivity contribution in [3.63, 3.8) is 0 Å². The molecule has 6 heteroatoms. The van der Waals surface area contributed by atoms with E-state index in [-0.39, 0.29) is 0 Å². The average Bonchev–Trinajstić information content (AvgIpc) is 2.60. The Balaban J connectivity index is 1.88. The van der Waals surface area contributed by atoms with E-state index in [9.17, 15) is 0 Å². The van der Waals surface area contributed by atoms with Crippen LogP contribution in [0.5, 0.6) is 0 Å². The van der Waals surface area contributed by atoms with Crippen LogP contribution < -0.4 is 15.6 Å². The molecule has 0 aromatic heterocycles. The molecule has 0 saturated heterocycles. The van der Waals surface area contributed by atoms with Gasteiger partial charge >= 0.3 is 0 Å². The van der Waals surface area contributed by atoms with E-state index < -0.39 is 0 Å². The zero-order chi connectivity index (χ0) is 18.1. The van der Waals surface area contributed by atoms with Crippen LogP contribution >= 0.6 is 23.8 Å². The summed E-state index contributed by atoms with van der Waals surface area (Å²) >= 11 is 11.1. The number of hydrogen-bond donors (Lipinski definition) is 2. The van der Waals surface area contributed by atoms with E-state index in [4.69, 9.17) is 23.8 Å². The highest BCUT2D eigenvalue weighted by molar-refractivity contribution is 7.80. The van der Waals surface area contributed by atoms with Crippen molar-refractivity contribution in [2.45, 2.75) is 20.3 Å².